The molecule has 3 nitrogen and oxygen atoms in total. The van der Waals surface area contributed by atoms with Crippen molar-refractivity contribution in [1.29, 1.82) is 0 Å². The Morgan fingerprint density at radius 1 is 1.57 bits per heavy atom. The summed E-state index contributed by atoms with van der Waals surface area (Å²) in [5.41, 5.74) is 9.78. The van der Waals surface area contributed by atoms with E-state index in [1.807, 2.05) is 11.7 Å². The molecule has 0 aliphatic heterocycles. The zero-order chi connectivity index (χ0) is 10.1. The summed E-state index contributed by atoms with van der Waals surface area (Å²) in [5, 5.41) is 4.56. The number of fused-ring (bicyclic) bond motifs is 1. The molecule has 0 radical (unpaired) electrons. The van der Waals surface area contributed by atoms with Crippen molar-refractivity contribution in [3.05, 3.63) is 17.0 Å². The summed E-state index contributed by atoms with van der Waals surface area (Å²) in [6.45, 7) is 2.96. The summed E-state index contributed by atoms with van der Waals surface area (Å²) in [6.07, 6.45) is 4.82. The lowest BCUT2D eigenvalue weighted by atomic mass is 9.83. The van der Waals surface area contributed by atoms with Crippen LogP contribution in [0.15, 0.2) is 0 Å². The highest BCUT2D eigenvalue weighted by molar-refractivity contribution is 5.31. The van der Waals surface area contributed by atoms with Crippen LogP contribution in [-0.4, -0.2) is 16.3 Å². The van der Waals surface area contributed by atoms with E-state index >= 15 is 0 Å². The van der Waals surface area contributed by atoms with Gasteiger partial charge >= 0.3 is 0 Å². The largest absolute Gasteiger partial charge is 0.330 e. The van der Waals surface area contributed by atoms with E-state index in [-0.39, 0.29) is 0 Å². The lowest BCUT2D eigenvalue weighted by Crippen LogP contribution is -2.13. The fourth-order valence-corrected chi connectivity index (χ4v) is 2.56. The Bertz CT molecular complexity index is 328. The molecule has 3 heteroatoms. The van der Waals surface area contributed by atoms with Crippen molar-refractivity contribution < 1.29 is 0 Å². The Hall–Kier alpha value is -0.830. The van der Waals surface area contributed by atoms with Crippen LogP contribution in [0.4, 0.5) is 0 Å². The van der Waals surface area contributed by atoms with Crippen LogP contribution in [0.2, 0.25) is 0 Å². The van der Waals surface area contributed by atoms with Gasteiger partial charge in [-0.3, -0.25) is 4.68 Å². The van der Waals surface area contributed by atoms with Crippen LogP contribution in [0.25, 0.3) is 0 Å². The van der Waals surface area contributed by atoms with Gasteiger partial charge in [-0.1, -0.05) is 0 Å². The summed E-state index contributed by atoms with van der Waals surface area (Å²) in [5.74, 6) is 0.664. The summed E-state index contributed by atoms with van der Waals surface area (Å²) < 4.78 is 2.01. The van der Waals surface area contributed by atoms with Crippen molar-refractivity contribution >= 4 is 0 Å². The molecule has 14 heavy (non-hydrogen) atoms. The summed E-state index contributed by atoms with van der Waals surface area (Å²) in [6, 6.07) is 0. The monoisotopic (exact) mass is 193 g/mol. The van der Waals surface area contributed by atoms with Crippen molar-refractivity contribution in [2.75, 3.05) is 6.54 Å². The molecule has 1 aliphatic rings. The minimum Gasteiger partial charge on any atom is -0.330 e. The predicted molar refractivity (Wildman–Crippen MR) is 57.3 cm³/mol. The van der Waals surface area contributed by atoms with Crippen LogP contribution in [0, 0.1) is 6.92 Å². The first kappa shape index (κ1) is 9.71. The van der Waals surface area contributed by atoms with Gasteiger partial charge in [0.05, 0.1) is 5.69 Å². The summed E-state index contributed by atoms with van der Waals surface area (Å²) in [7, 11) is 2.03. The second kappa shape index (κ2) is 3.73. The van der Waals surface area contributed by atoms with Crippen molar-refractivity contribution in [3.8, 4) is 0 Å². The number of aromatic nitrogens is 2. The molecule has 1 aliphatic carbocycles. The Morgan fingerprint density at radius 3 is 3.07 bits per heavy atom. The van der Waals surface area contributed by atoms with Gasteiger partial charge in [-0.15, -0.1) is 0 Å². The van der Waals surface area contributed by atoms with Gasteiger partial charge in [-0.2, -0.15) is 5.10 Å². The molecule has 0 saturated carbocycles. The number of rotatable bonds is 2. The highest BCUT2D eigenvalue weighted by atomic mass is 15.3. The molecule has 1 aromatic rings. The summed E-state index contributed by atoms with van der Waals surface area (Å²) >= 11 is 0. The normalized spacial score (nSPS) is 20.9. The maximum Gasteiger partial charge on any atom is 0.0662 e. The highest BCUT2D eigenvalue weighted by Crippen LogP contribution is 2.35. The van der Waals surface area contributed by atoms with Crippen LogP contribution in [0.3, 0.4) is 0 Å². The topological polar surface area (TPSA) is 43.8 Å². The first-order chi connectivity index (χ1) is 6.74. The minimum absolute atomic E-state index is 0.664. The average molecular weight is 193 g/mol. The number of nitrogens with two attached hydrogens (primary N) is 1. The third-order valence-corrected chi connectivity index (χ3v) is 3.35. The highest BCUT2D eigenvalue weighted by Gasteiger charge is 2.24. The molecule has 78 valence electrons. The zero-order valence-electron chi connectivity index (χ0n) is 9.08. The number of hydrogen-bond donors (Lipinski definition) is 1. The first-order valence-corrected chi connectivity index (χ1v) is 5.46. The average Bonchev–Trinajstić information content (AvgIpc) is 2.45. The predicted octanol–water partition coefficient (Wildman–Crippen LogP) is 1.50. The standard InChI is InChI=1S/C11H19N3/c1-8-11-9(6-7-12)4-3-5-10(11)13-14(8)2/h9H,3-7,12H2,1-2H3. The van der Waals surface area contributed by atoms with Crippen LogP contribution in [-0.2, 0) is 13.5 Å². The molecule has 1 atom stereocenters. The van der Waals surface area contributed by atoms with Crippen molar-refractivity contribution in [2.45, 2.75) is 38.5 Å². The van der Waals surface area contributed by atoms with Gasteiger partial charge in [0.25, 0.3) is 0 Å². The van der Waals surface area contributed by atoms with E-state index in [2.05, 4.69) is 12.0 Å². The van der Waals surface area contributed by atoms with Gasteiger partial charge in [0.15, 0.2) is 0 Å². The van der Waals surface area contributed by atoms with E-state index in [4.69, 9.17) is 5.73 Å². The number of aryl methyl sites for hydroxylation is 2. The van der Waals surface area contributed by atoms with Gasteiger partial charge in [-0.25, -0.2) is 0 Å². The van der Waals surface area contributed by atoms with Crippen LogP contribution >= 0.6 is 0 Å². The van der Waals surface area contributed by atoms with Gasteiger partial charge in [0, 0.05) is 12.7 Å². The maximum absolute atomic E-state index is 5.65. The SMILES string of the molecule is Cc1c2c(nn1C)CCCC2CCN. The van der Waals surface area contributed by atoms with E-state index in [0.29, 0.717) is 5.92 Å². The van der Waals surface area contributed by atoms with Gasteiger partial charge in [0.2, 0.25) is 0 Å². The molecule has 0 spiro atoms. The van der Waals surface area contributed by atoms with Gasteiger partial charge in [0.1, 0.15) is 0 Å². The fraction of sp³-hybridized carbons (Fsp3) is 0.727. The van der Waals surface area contributed by atoms with Gasteiger partial charge < -0.3 is 5.73 Å². The Kier molecular flexibility index (Phi) is 2.59. The molecule has 0 aromatic carbocycles. The molecule has 1 heterocycles. The Balaban J connectivity index is 2.36. The van der Waals surface area contributed by atoms with Crippen molar-refractivity contribution in [3.63, 3.8) is 0 Å². The molecular weight excluding hydrogens is 174 g/mol. The third kappa shape index (κ3) is 1.46. The van der Waals surface area contributed by atoms with Gasteiger partial charge in [-0.05, 0) is 50.6 Å². The molecule has 0 saturated heterocycles. The quantitative estimate of drug-likeness (QED) is 0.773. The van der Waals surface area contributed by atoms with E-state index in [9.17, 15) is 0 Å². The number of nitrogens with zero attached hydrogens (tertiary/aromatic N) is 2. The molecule has 0 fully saturated rings. The van der Waals surface area contributed by atoms with Crippen molar-refractivity contribution in [1.82, 2.24) is 9.78 Å². The fourth-order valence-electron chi connectivity index (χ4n) is 2.56. The zero-order valence-corrected chi connectivity index (χ0v) is 9.08. The first-order valence-electron chi connectivity index (χ1n) is 5.46. The van der Waals surface area contributed by atoms with Crippen molar-refractivity contribution in [2.24, 2.45) is 12.8 Å². The smallest absolute Gasteiger partial charge is 0.0662 e. The second-order valence-electron chi connectivity index (χ2n) is 4.24. The lowest BCUT2D eigenvalue weighted by Gasteiger charge is -2.21. The van der Waals surface area contributed by atoms with E-state index in [1.54, 1.807) is 0 Å². The molecule has 0 amide bonds. The molecule has 1 unspecified atom stereocenters. The summed E-state index contributed by atoms with van der Waals surface area (Å²) in [4.78, 5) is 0. The molecule has 0 bridgehead atoms. The third-order valence-electron chi connectivity index (χ3n) is 3.35. The van der Waals surface area contributed by atoms with Crippen LogP contribution < -0.4 is 5.73 Å². The Morgan fingerprint density at radius 2 is 2.36 bits per heavy atom. The van der Waals surface area contributed by atoms with Crippen LogP contribution in [0.5, 0.6) is 0 Å². The van der Waals surface area contributed by atoms with E-state index < -0.39 is 0 Å². The molecule has 1 aromatic heterocycles. The minimum atomic E-state index is 0.664. The number of hydrogen-bond acceptors (Lipinski definition) is 2. The van der Waals surface area contributed by atoms with E-state index in [0.717, 1.165) is 19.4 Å². The van der Waals surface area contributed by atoms with Crippen LogP contribution in [0.1, 0.15) is 42.1 Å². The molecule has 2 N–H and O–H groups in total. The molecule has 2 rings (SSSR count). The maximum atomic E-state index is 5.65. The Labute approximate surface area is 85.3 Å². The second-order valence-corrected chi connectivity index (χ2v) is 4.24. The lowest BCUT2D eigenvalue weighted by molar-refractivity contribution is 0.521. The van der Waals surface area contributed by atoms with E-state index in [1.165, 1.54) is 29.8 Å². The molecular formula is C11H19N3.